The second kappa shape index (κ2) is 20.0. The number of amides is 4. The summed E-state index contributed by atoms with van der Waals surface area (Å²) in [5.74, 6) is -0.490. The summed E-state index contributed by atoms with van der Waals surface area (Å²) in [5.41, 5.74) is 1.03. The van der Waals surface area contributed by atoms with Crippen molar-refractivity contribution in [1.82, 2.24) is 21.3 Å². The van der Waals surface area contributed by atoms with Crippen molar-refractivity contribution in [2.75, 3.05) is 19.7 Å². The molecule has 0 aromatic heterocycles. The number of hydrogen-bond donors (Lipinski definition) is 4. The van der Waals surface area contributed by atoms with Gasteiger partial charge in [0, 0.05) is 13.1 Å². The smallest absolute Gasteiger partial charge is 0.408 e. The molecule has 0 heterocycles. The Labute approximate surface area is 267 Å². The zero-order chi connectivity index (χ0) is 33.1. The molecular weight excluding hydrogens is 576 g/mol. The van der Waals surface area contributed by atoms with Crippen LogP contribution in [0.5, 0.6) is 0 Å². The lowest BCUT2D eigenvalue weighted by Crippen LogP contribution is -2.55. The number of nitrogens with one attached hydrogen (secondary N) is 4. The molecule has 248 valence electrons. The first kappa shape index (κ1) is 37.1. The standard InChI is InChI=1S/C34H50N4O7/c1-25(2)19-21-35-30(39)28(18-12-13-20-36-32(41)44-23-27-16-10-7-11-17-27)37-31(40)29(38-33(42)45-34(3,4)5)24-43-22-26-14-8-6-9-15-26/h6-11,14-17,25,28-29H,12-13,18-24H2,1-5H3,(H,35,39)(H,36,41)(H,37,40)(H,38,42)/t28-,29-/m1/s1. The number of rotatable bonds is 18. The molecule has 2 aromatic rings. The van der Waals surface area contributed by atoms with Crippen LogP contribution < -0.4 is 21.3 Å². The molecule has 0 saturated carbocycles. The van der Waals surface area contributed by atoms with Crippen molar-refractivity contribution in [3.05, 3.63) is 71.8 Å². The molecule has 0 bridgehead atoms. The molecule has 4 amide bonds. The minimum absolute atomic E-state index is 0.128. The van der Waals surface area contributed by atoms with Crippen LogP contribution in [0.1, 0.15) is 71.4 Å². The van der Waals surface area contributed by atoms with E-state index in [2.05, 4.69) is 35.1 Å². The number of benzene rings is 2. The monoisotopic (exact) mass is 626 g/mol. The highest BCUT2D eigenvalue weighted by Gasteiger charge is 2.28. The zero-order valence-electron chi connectivity index (χ0n) is 27.2. The van der Waals surface area contributed by atoms with Crippen molar-refractivity contribution in [3.8, 4) is 0 Å². The van der Waals surface area contributed by atoms with Gasteiger partial charge >= 0.3 is 12.2 Å². The van der Waals surface area contributed by atoms with E-state index in [0.29, 0.717) is 38.3 Å². The molecule has 11 nitrogen and oxygen atoms in total. The maximum atomic E-state index is 13.4. The van der Waals surface area contributed by atoms with Gasteiger partial charge in [0.05, 0.1) is 13.2 Å². The van der Waals surface area contributed by atoms with Crippen LogP contribution in [0.2, 0.25) is 0 Å². The van der Waals surface area contributed by atoms with Crippen molar-refractivity contribution >= 4 is 24.0 Å². The summed E-state index contributed by atoms with van der Waals surface area (Å²) in [6.45, 7) is 10.4. The molecule has 0 fully saturated rings. The van der Waals surface area contributed by atoms with Gasteiger partial charge in [-0.3, -0.25) is 9.59 Å². The highest BCUT2D eigenvalue weighted by Crippen LogP contribution is 2.09. The number of carbonyl (C=O) groups is 4. The molecular formula is C34H50N4O7. The Morgan fingerprint density at radius 1 is 0.689 bits per heavy atom. The Bertz CT molecular complexity index is 1170. The molecule has 0 unspecified atom stereocenters. The maximum Gasteiger partial charge on any atom is 0.408 e. The Hall–Kier alpha value is -4.12. The normalized spacial score (nSPS) is 12.5. The molecule has 4 N–H and O–H groups in total. The highest BCUT2D eigenvalue weighted by molar-refractivity contribution is 5.91. The molecule has 45 heavy (non-hydrogen) atoms. The minimum Gasteiger partial charge on any atom is -0.445 e. The minimum atomic E-state index is -1.10. The van der Waals surface area contributed by atoms with E-state index in [9.17, 15) is 19.2 Å². The van der Waals surface area contributed by atoms with E-state index in [1.807, 2.05) is 60.7 Å². The molecule has 2 atom stereocenters. The fourth-order valence-electron chi connectivity index (χ4n) is 4.09. The summed E-state index contributed by atoms with van der Waals surface area (Å²) >= 11 is 0. The molecule has 11 heteroatoms. The maximum absolute atomic E-state index is 13.4. The fourth-order valence-corrected chi connectivity index (χ4v) is 4.09. The number of alkyl carbamates (subject to hydrolysis) is 2. The lowest BCUT2D eigenvalue weighted by molar-refractivity contribution is -0.131. The van der Waals surface area contributed by atoms with Gasteiger partial charge in [-0.05, 0) is 63.5 Å². The van der Waals surface area contributed by atoms with Gasteiger partial charge in [0.25, 0.3) is 0 Å². The van der Waals surface area contributed by atoms with Gasteiger partial charge in [0.1, 0.15) is 24.3 Å². The van der Waals surface area contributed by atoms with Gasteiger partial charge in [-0.1, -0.05) is 74.5 Å². The first-order valence-electron chi connectivity index (χ1n) is 15.6. The number of carbonyl (C=O) groups excluding carboxylic acids is 4. The predicted octanol–water partition coefficient (Wildman–Crippen LogP) is 4.84. The van der Waals surface area contributed by atoms with Gasteiger partial charge in [0.2, 0.25) is 11.8 Å². The quantitative estimate of drug-likeness (QED) is 0.173. The van der Waals surface area contributed by atoms with Crippen molar-refractivity contribution < 1.29 is 33.4 Å². The van der Waals surface area contributed by atoms with E-state index in [4.69, 9.17) is 14.2 Å². The van der Waals surface area contributed by atoms with Gasteiger partial charge < -0.3 is 35.5 Å². The third kappa shape index (κ3) is 17.1. The van der Waals surface area contributed by atoms with Gasteiger partial charge in [0.15, 0.2) is 0 Å². The summed E-state index contributed by atoms with van der Waals surface area (Å²) in [4.78, 5) is 51.2. The molecule has 0 spiro atoms. The highest BCUT2D eigenvalue weighted by atomic mass is 16.6. The molecule has 0 radical (unpaired) electrons. The molecule has 0 aliphatic heterocycles. The second-order valence-corrected chi connectivity index (χ2v) is 12.2. The summed E-state index contributed by atoms with van der Waals surface area (Å²) in [6, 6.07) is 16.9. The van der Waals surface area contributed by atoms with Crippen LogP contribution in [0, 0.1) is 5.92 Å². The average Bonchev–Trinajstić information content (AvgIpc) is 2.98. The zero-order valence-corrected chi connectivity index (χ0v) is 27.2. The third-order valence-electron chi connectivity index (χ3n) is 6.46. The Kier molecular flexibility index (Phi) is 16.5. The molecule has 0 saturated heterocycles. The summed E-state index contributed by atoms with van der Waals surface area (Å²) in [5, 5.41) is 11.0. The average molecular weight is 627 g/mol. The predicted molar refractivity (Wildman–Crippen MR) is 172 cm³/mol. The Morgan fingerprint density at radius 2 is 1.31 bits per heavy atom. The lowest BCUT2D eigenvalue weighted by atomic mass is 10.1. The molecule has 2 aromatic carbocycles. The van der Waals surface area contributed by atoms with E-state index in [-0.39, 0.29) is 25.7 Å². The van der Waals surface area contributed by atoms with Crippen LogP contribution in [-0.4, -0.2) is 61.4 Å². The number of ether oxygens (including phenoxy) is 3. The largest absolute Gasteiger partial charge is 0.445 e. The first-order chi connectivity index (χ1) is 21.4. The van der Waals surface area contributed by atoms with Crippen LogP contribution in [0.4, 0.5) is 9.59 Å². The molecule has 0 aliphatic carbocycles. The Balaban J connectivity index is 1.97. The molecule has 2 rings (SSSR count). The van der Waals surface area contributed by atoms with Crippen LogP contribution in [0.15, 0.2) is 60.7 Å². The van der Waals surface area contributed by atoms with Gasteiger partial charge in [-0.15, -0.1) is 0 Å². The van der Waals surface area contributed by atoms with Crippen molar-refractivity contribution in [2.45, 2.75) is 91.2 Å². The third-order valence-corrected chi connectivity index (χ3v) is 6.46. The summed E-state index contributed by atoms with van der Waals surface area (Å²) < 4.78 is 16.4. The summed E-state index contributed by atoms with van der Waals surface area (Å²) in [6.07, 6.45) is 0.916. The van der Waals surface area contributed by atoms with Gasteiger partial charge in [-0.2, -0.15) is 0 Å². The van der Waals surface area contributed by atoms with Crippen LogP contribution in [-0.2, 0) is 37.0 Å². The Morgan fingerprint density at radius 3 is 1.91 bits per heavy atom. The van der Waals surface area contributed by atoms with E-state index < -0.39 is 35.8 Å². The SMILES string of the molecule is CC(C)CCNC(=O)[C@@H](CCCCNC(=O)OCc1ccccc1)NC(=O)[C@@H](COCc1ccccc1)NC(=O)OC(C)(C)C. The van der Waals surface area contributed by atoms with Crippen LogP contribution in [0.25, 0.3) is 0 Å². The van der Waals surface area contributed by atoms with Gasteiger partial charge in [-0.25, -0.2) is 9.59 Å². The van der Waals surface area contributed by atoms with Crippen molar-refractivity contribution in [1.29, 1.82) is 0 Å². The lowest BCUT2D eigenvalue weighted by Gasteiger charge is -2.25. The topological polar surface area (TPSA) is 144 Å². The van der Waals surface area contributed by atoms with E-state index >= 15 is 0 Å². The van der Waals surface area contributed by atoms with E-state index in [1.54, 1.807) is 20.8 Å². The number of hydrogen-bond acceptors (Lipinski definition) is 7. The first-order valence-corrected chi connectivity index (χ1v) is 15.6. The van der Waals surface area contributed by atoms with E-state index in [1.165, 1.54) is 0 Å². The molecule has 0 aliphatic rings. The van der Waals surface area contributed by atoms with E-state index in [0.717, 1.165) is 17.5 Å². The van der Waals surface area contributed by atoms with Crippen molar-refractivity contribution in [3.63, 3.8) is 0 Å². The van der Waals surface area contributed by atoms with Crippen LogP contribution >= 0.6 is 0 Å². The summed E-state index contributed by atoms with van der Waals surface area (Å²) in [7, 11) is 0. The fraction of sp³-hybridized carbons (Fsp3) is 0.529. The second-order valence-electron chi connectivity index (χ2n) is 12.2. The number of unbranched alkanes of at least 4 members (excludes halogenated alkanes) is 1. The van der Waals surface area contributed by atoms with Crippen LogP contribution in [0.3, 0.4) is 0 Å². The van der Waals surface area contributed by atoms with Crippen molar-refractivity contribution in [2.24, 2.45) is 5.92 Å².